The van der Waals surface area contributed by atoms with Crippen LogP contribution < -0.4 is 10.6 Å². The maximum Gasteiger partial charge on any atom is 0.287 e. The van der Waals surface area contributed by atoms with Gasteiger partial charge in [0.25, 0.3) is 11.6 Å². The monoisotopic (exact) mass is 315 g/mol. The highest BCUT2D eigenvalue weighted by atomic mass is 35.5. The third kappa shape index (κ3) is 5.36. The van der Waals surface area contributed by atoms with E-state index in [-0.39, 0.29) is 28.7 Å². The smallest absolute Gasteiger partial charge is 0.287 e. The maximum absolute atomic E-state index is 11.8. The van der Waals surface area contributed by atoms with Crippen LogP contribution in [-0.2, 0) is 9.53 Å². The number of halogens is 1. The molecule has 0 radical (unpaired) electrons. The van der Waals surface area contributed by atoms with Crippen molar-refractivity contribution in [2.24, 2.45) is 0 Å². The van der Waals surface area contributed by atoms with E-state index in [9.17, 15) is 19.7 Å². The highest BCUT2D eigenvalue weighted by Crippen LogP contribution is 2.24. The van der Waals surface area contributed by atoms with Crippen LogP contribution in [0.25, 0.3) is 0 Å². The highest BCUT2D eigenvalue weighted by Gasteiger charge is 2.15. The molecule has 0 aromatic heterocycles. The van der Waals surface area contributed by atoms with Gasteiger partial charge in [-0.1, -0.05) is 11.6 Å². The second-order valence-corrected chi connectivity index (χ2v) is 4.36. The number of nitrogens with one attached hydrogen (secondary N) is 2. The second-order valence-electron chi connectivity index (χ2n) is 3.95. The molecule has 1 aromatic carbocycles. The predicted octanol–water partition coefficient (Wildman–Crippen LogP) is 0.741. The third-order valence-electron chi connectivity index (χ3n) is 2.44. The van der Waals surface area contributed by atoms with E-state index in [0.29, 0.717) is 13.2 Å². The minimum absolute atomic E-state index is 0.135. The van der Waals surface area contributed by atoms with Crippen LogP contribution in [-0.4, -0.2) is 43.5 Å². The van der Waals surface area contributed by atoms with E-state index < -0.39 is 10.8 Å². The van der Waals surface area contributed by atoms with E-state index in [4.69, 9.17) is 16.3 Å². The van der Waals surface area contributed by atoms with Crippen molar-refractivity contribution >= 4 is 29.1 Å². The molecule has 0 saturated heterocycles. The number of hydrogen-bond donors (Lipinski definition) is 2. The summed E-state index contributed by atoms with van der Waals surface area (Å²) in [6.45, 7) is 0.503. The molecule has 1 aromatic rings. The van der Waals surface area contributed by atoms with Gasteiger partial charge in [-0.3, -0.25) is 19.7 Å². The van der Waals surface area contributed by atoms with Crippen molar-refractivity contribution < 1.29 is 19.2 Å². The van der Waals surface area contributed by atoms with Gasteiger partial charge < -0.3 is 15.4 Å². The van der Waals surface area contributed by atoms with Gasteiger partial charge >= 0.3 is 0 Å². The van der Waals surface area contributed by atoms with Gasteiger partial charge in [-0.25, -0.2) is 0 Å². The molecule has 0 spiro atoms. The molecule has 0 fully saturated rings. The number of ether oxygens (including phenoxy) is 1. The lowest BCUT2D eigenvalue weighted by Gasteiger charge is -2.07. The number of amides is 2. The summed E-state index contributed by atoms with van der Waals surface area (Å²) in [4.78, 5) is 33.1. The van der Waals surface area contributed by atoms with Gasteiger partial charge in [0.1, 0.15) is 5.02 Å². The minimum atomic E-state index is -0.646. The Balaban J connectivity index is 2.54. The van der Waals surface area contributed by atoms with Crippen molar-refractivity contribution in [1.82, 2.24) is 10.6 Å². The molecule has 0 aliphatic rings. The molecule has 0 unspecified atom stereocenters. The molecular formula is C12H14ClN3O5. The zero-order chi connectivity index (χ0) is 15.8. The first-order valence-electron chi connectivity index (χ1n) is 5.93. The number of carbonyl (C=O) groups is 2. The van der Waals surface area contributed by atoms with Crippen molar-refractivity contribution in [1.29, 1.82) is 0 Å². The molecule has 8 nitrogen and oxygen atoms in total. The quantitative estimate of drug-likeness (QED) is 0.438. The Hall–Kier alpha value is -2.19. The average Bonchev–Trinajstić information content (AvgIpc) is 2.44. The first-order chi connectivity index (χ1) is 9.95. The summed E-state index contributed by atoms with van der Waals surface area (Å²) in [5.41, 5.74) is -0.152. The summed E-state index contributed by atoms with van der Waals surface area (Å²) in [5, 5.41) is 15.4. The second kappa shape index (κ2) is 8.18. The molecule has 21 heavy (non-hydrogen) atoms. The van der Waals surface area contributed by atoms with Gasteiger partial charge in [0, 0.05) is 25.3 Å². The summed E-state index contributed by atoms with van der Waals surface area (Å²) in [6, 6.07) is 3.58. The Kier molecular flexibility index (Phi) is 6.57. The highest BCUT2D eigenvalue weighted by molar-refractivity contribution is 6.33. The normalized spacial score (nSPS) is 10.0. The number of nitro groups is 1. The molecule has 0 saturated carbocycles. The van der Waals surface area contributed by atoms with Gasteiger partial charge in [0.2, 0.25) is 5.91 Å². The summed E-state index contributed by atoms with van der Waals surface area (Å²) in [7, 11) is 1.51. The molecular weight excluding hydrogens is 302 g/mol. The molecule has 0 atom stereocenters. The van der Waals surface area contributed by atoms with Crippen LogP contribution in [0.4, 0.5) is 5.69 Å². The zero-order valence-corrected chi connectivity index (χ0v) is 12.0. The first kappa shape index (κ1) is 16.9. The SMILES string of the molecule is COCCNC(=O)CNC(=O)c1ccc([N+](=O)[O-])c(Cl)c1. The Labute approximate surface area is 125 Å². The Morgan fingerprint density at radius 1 is 1.38 bits per heavy atom. The van der Waals surface area contributed by atoms with Crippen molar-refractivity contribution in [2.45, 2.75) is 0 Å². The van der Waals surface area contributed by atoms with Crippen molar-refractivity contribution in [2.75, 3.05) is 26.8 Å². The Morgan fingerprint density at radius 2 is 2.10 bits per heavy atom. The Morgan fingerprint density at radius 3 is 2.67 bits per heavy atom. The van der Waals surface area contributed by atoms with Gasteiger partial charge in [-0.2, -0.15) is 0 Å². The average molecular weight is 316 g/mol. The number of benzene rings is 1. The number of nitro benzene ring substituents is 1. The van der Waals surface area contributed by atoms with Crippen molar-refractivity contribution in [3.05, 3.63) is 38.9 Å². The first-order valence-corrected chi connectivity index (χ1v) is 6.31. The summed E-state index contributed by atoms with van der Waals surface area (Å²) >= 11 is 5.70. The van der Waals surface area contributed by atoms with Crippen LogP contribution in [0.2, 0.25) is 5.02 Å². The molecule has 0 aliphatic heterocycles. The van der Waals surface area contributed by atoms with Crippen molar-refractivity contribution in [3.63, 3.8) is 0 Å². The van der Waals surface area contributed by atoms with E-state index in [0.717, 1.165) is 6.07 Å². The Bertz CT molecular complexity index is 550. The zero-order valence-electron chi connectivity index (χ0n) is 11.2. The molecule has 9 heteroatoms. The number of rotatable bonds is 7. The summed E-state index contributed by atoms with van der Waals surface area (Å²) < 4.78 is 4.76. The van der Waals surface area contributed by atoms with E-state index in [1.165, 1.54) is 19.2 Å². The van der Waals surface area contributed by atoms with Crippen LogP contribution >= 0.6 is 11.6 Å². The fourth-order valence-corrected chi connectivity index (χ4v) is 1.66. The summed E-state index contributed by atoms with van der Waals surface area (Å²) in [6.07, 6.45) is 0. The molecule has 2 N–H and O–H groups in total. The molecule has 114 valence electrons. The fraction of sp³-hybridized carbons (Fsp3) is 0.333. The van der Waals surface area contributed by atoms with Gasteiger partial charge in [0.15, 0.2) is 0 Å². The molecule has 0 aliphatic carbocycles. The van der Waals surface area contributed by atoms with Gasteiger partial charge in [-0.15, -0.1) is 0 Å². The van der Waals surface area contributed by atoms with E-state index in [2.05, 4.69) is 10.6 Å². The van der Waals surface area contributed by atoms with Gasteiger partial charge in [-0.05, 0) is 12.1 Å². The van der Waals surface area contributed by atoms with Crippen molar-refractivity contribution in [3.8, 4) is 0 Å². The largest absolute Gasteiger partial charge is 0.383 e. The number of carbonyl (C=O) groups excluding carboxylic acids is 2. The number of methoxy groups -OCH3 is 1. The lowest BCUT2D eigenvalue weighted by molar-refractivity contribution is -0.384. The van der Waals surface area contributed by atoms with Crippen LogP contribution in [0.5, 0.6) is 0 Å². The van der Waals surface area contributed by atoms with Crippen LogP contribution in [0.3, 0.4) is 0 Å². The van der Waals surface area contributed by atoms with E-state index >= 15 is 0 Å². The molecule has 1 rings (SSSR count). The number of nitrogens with zero attached hydrogens (tertiary/aromatic N) is 1. The van der Waals surface area contributed by atoms with E-state index in [1.807, 2.05) is 0 Å². The fourth-order valence-electron chi connectivity index (χ4n) is 1.41. The lowest BCUT2D eigenvalue weighted by Crippen LogP contribution is -2.38. The standard InChI is InChI=1S/C12H14ClN3O5/c1-21-5-4-14-11(17)7-15-12(18)8-2-3-10(16(19)20)9(13)6-8/h2-3,6H,4-5,7H2,1H3,(H,14,17)(H,15,18). The van der Waals surface area contributed by atoms with Crippen LogP contribution in [0.15, 0.2) is 18.2 Å². The predicted molar refractivity (Wildman–Crippen MR) is 75.3 cm³/mol. The number of hydrogen-bond acceptors (Lipinski definition) is 5. The topological polar surface area (TPSA) is 111 Å². The maximum atomic E-state index is 11.8. The van der Waals surface area contributed by atoms with Gasteiger partial charge in [0.05, 0.1) is 18.1 Å². The molecule has 0 heterocycles. The minimum Gasteiger partial charge on any atom is -0.383 e. The van der Waals surface area contributed by atoms with Crippen LogP contribution in [0.1, 0.15) is 10.4 Å². The molecule has 0 bridgehead atoms. The van der Waals surface area contributed by atoms with E-state index in [1.54, 1.807) is 0 Å². The lowest BCUT2D eigenvalue weighted by atomic mass is 10.2. The molecule has 2 amide bonds. The summed E-state index contributed by atoms with van der Waals surface area (Å²) in [5.74, 6) is -0.915. The van der Waals surface area contributed by atoms with Crippen LogP contribution in [0, 0.1) is 10.1 Å². The third-order valence-corrected chi connectivity index (χ3v) is 2.75.